The third-order valence-corrected chi connectivity index (χ3v) is 3.00. The van der Waals surface area contributed by atoms with Gasteiger partial charge in [-0.2, -0.15) is 0 Å². The second-order valence-corrected chi connectivity index (χ2v) is 4.66. The van der Waals surface area contributed by atoms with Crippen LogP contribution in [0.5, 0.6) is 0 Å². The van der Waals surface area contributed by atoms with E-state index in [4.69, 9.17) is 10.6 Å². The van der Waals surface area contributed by atoms with Crippen molar-refractivity contribution in [1.82, 2.24) is 5.43 Å². The fraction of sp³-hybridized carbons (Fsp3) is 0.429. The monoisotopic (exact) mass is 232 g/mol. The normalized spacial score (nSPS) is 16.5. The van der Waals surface area contributed by atoms with E-state index in [1.54, 1.807) is 0 Å². The number of ether oxygens (including phenoxy) is 1. The van der Waals surface area contributed by atoms with Crippen LogP contribution in [0.25, 0.3) is 0 Å². The van der Waals surface area contributed by atoms with Gasteiger partial charge in [-0.3, -0.25) is 5.84 Å². The first-order valence-electron chi connectivity index (χ1n) is 6.05. The summed E-state index contributed by atoms with van der Waals surface area (Å²) in [7, 11) is 0. The molecule has 1 aromatic rings. The van der Waals surface area contributed by atoms with Gasteiger partial charge in [0.2, 0.25) is 0 Å². The summed E-state index contributed by atoms with van der Waals surface area (Å²) in [6.07, 6.45) is 3.97. The van der Waals surface area contributed by atoms with Crippen LogP contribution < -0.4 is 11.3 Å². The van der Waals surface area contributed by atoms with Crippen molar-refractivity contribution >= 4 is 0 Å². The molecule has 0 saturated carbocycles. The fourth-order valence-electron chi connectivity index (χ4n) is 2.34. The molecule has 92 valence electrons. The Morgan fingerprint density at radius 2 is 2.00 bits per heavy atom. The van der Waals surface area contributed by atoms with Crippen LogP contribution in [0.2, 0.25) is 0 Å². The van der Waals surface area contributed by atoms with Crippen LogP contribution in [0.15, 0.2) is 30.0 Å². The molecule has 0 amide bonds. The maximum Gasteiger partial charge on any atom is 0.111 e. The highest BCUT2D eigenvalue weighted by Crippen LogP contribution is 2.18. The lowest BCUT2D eigenvalue weighted by Crippen LogP contribution is -2.38. The van der Waals surface area contributed by atoms with Crippen LogP contribution in [0.3, 0.4) is 0 Å². The summed E-state index contributed by atoms with van der Waals surface area (Å²) in [6, 6.07) is 6.66. The summed E-state index contributed by atoms with van der Waals surface area (Å²) < 4.78 is 5.56. The van der Waals surface area contributed by atoms with E-state index in [9.17, 15) is 0 Å². The first-order chi connectivity index (χ1) is 8.19. The zero-order valence-corrected chi connectivity index (χ0v) is 10.5. The Balaban J connectivity index is 2.12. The number of benzene rings is 1. The molecule has 0 bridgehead atoms. The summed E-state index contributed by atoms with van der Waals surface area (Å²) in [5.74, 6) is 6.58. The summed E-state index contributed by atoms with van der Waals surface area (Å²) >= 11 is 0. The third-order valence-electron chi connectivity index (χ3n) is 3.00. The lowest BCUT2D eigenvalue weighted by atomic mass is 10.0. The van der Waals surface area contributed by atoms with Crippen molar-refractivity contribution in [2.45, 2.75) is 32.7 Å². The summed E-state index contributed by atoms with van der Waals surface area (Å²) in [5, 5.41) is 0. The molecule has 0 spiro atoms. The number of nitrogens with two attached hydrogens (primary N) is 1. The molecule has 1 unspecified atom stereocenters. The van der Waals surface area contributed by atoms with Crippen molar-refractivity contribution < 1.29 is 4.74 Å². The van der Waals surface area contributed by atoms with E-state index < -0.39 is 0 Å². The molecule has 1 aromatic carbocycles. The van der Waals surface area contributed by atoms with Gasteiger partial charge in [0.25, 0.3) is 0 Å². The lowest BCUT2D eigenvalue weighted by Gasteiger charge is -2.17. The van der Waals surface area contributed by atoms with Crippen molar-refractivity contribution in [3.63, 3.8) is 0 Å². The van der Waals surface area contributed by atoms with Gasteiger partial charge < -0.3 is 4.74 Å². The first kappa shape index (κ1) is 12.1. The Morgan fingerprint density at radius 1 is 1.29 bits per heavy atom. The average molecular weight is 232 g/mol. The zero-order chi connectivity index (χ0) is 12.3. The Bertz CT molecular complexity index is 406. The Hall–Kier alpha value is -1.32. The Labute approximate surface area is 103 Å². The smallest absolute Gasteiger partial charge is 0.111 e. The lowest BCUT2D eigenvalue weighted by molar-refractivity contribution is 0.214. The SMILES string of the molecule is Cc1cc(C)cc(CC(NN)C2=CCCO2)c1. The first-order valence-corrected chi connectivity index (χ1v) is 6.05. The molecule has 1 heterocycles. The summed E-state index contributed by atoms with van der Waals surface area (Å²) in [5.41, 5.74) is 6.71. The highest BCUT2D eigenvalue weighted by atomic mass is 16.5. The van der Waals surface area contributed by atoms with Crippen LogP contribution in [0, 0.1) is 13.8 Å². The van der Waals surface area contributed by atoms with Gasteiger partial charge in [-0.25, -0.2) is 5.43 Å². The molecular weight excluding hydrogens is 212 g/mol. The van der Waals surface area contributed by atoms with E-state index in [1.165, 1.54) is 16.7 Å². The maximum absolute atomic E-state index is 5.61. The zero-order valence-electron chi connectivity index (χ0n) is 10.5. The molecule has 1 atom stereocenters. The highest BCUT2D eigenvalue weighted by Gasteiger charge is 2.18. The number of hydrazine groups is 1. The van der Waals surface area contributed by atoms with Crippen molar-refractivity contribution in [3.05, 3.63) is 46.7 Å². The number of nitrogens with one attached hydrogen (secondary N) is 1. The molecule has 1 aliphatic heterocycles. The summed E-state index contributed by atoms with van der Waals surface area (Å²) in [6.45, 7) is 5.01. The largest absolute Gasteiger partial charge is 0.496 e. The molecule has 1 aliphatic rings. The van der Waals surface area contributed by atoms with E-state index in [-0.39, 0.29) is 6.04 Å². The molecule has 3 nitrogen and oxygen atoms in total. The van der Waals surface area contributed by atoms with Gasteiger partial charge in [0.05, 0.1) is 12.6 Å². The van der Waals surface area contributed by atoms with E-state index >= 15 is 0 Å². The van der Waals surface area contributed by atoms with Gasteiger partial charge in [0.1, 0.15) is 5.76 Å². The molecule has 0 aromatic heterocycles. The van der Waals surface area contributed by atoms with Gasteiger partial charge >= 0.3 is 0 Å². The molecule has 3 heteroatoms. The number of aryl methyl sites for hydroxylation is 2. The Kier molecular flexibility index (Phi) is 3.82. The second kappa shape index (κ2) is 5.34. The summed E-state index contributed by atoms with van der Waals surface area (Å²) in [4.78, 5) is 0. The van der Waals surface area contributed by atoms with E-state index in [2.05, 4.69) is 43.5 Å². The quantitative estimate of drug-likeness (QED) is 0.616. The minimum Gasteiger partial charge on any atom is -0.496 e. The van der Waals surface area contributed by atoms with E-state index in [0.717, 1.165) is 25.2 Å². The molecule has 0 aliphatic carbocycles. The number of rotatable bonds is 4. The second-order valence-electron chi connectivity index (χ2n) is 4.66. The average Bonchev–Trinajstić information content (AvgIpc) is 2.77. The highest BCUT2D eigenvalue weighted by molar-refractivity contribution is 5.30. The number of hydrogen-bond donors (Lipinski definition) is 2. The topological polar surface area (TPSA) is 47.3 Å². The Morgan fingerprint density at radius 3 is 2.53 bits per heavy atom. The number of hydrogen-bond acceptors (Lipinski definition) is 3. The van der Waals surface area contributed by atoms with Gasteiger partial charge in [-0.1, -0.05) is 29.3 Å². The molecular formula is C14H20N2O. The van der Waals surface area contributed by atoms with Crippen LogP contribution in [0.1, 0.15) is 23.1 Å². The van der Waals surface area contributed by atoms with Gasteiger partial charge in [0, 0.05) is 6.42 Å². The van der Waals surface area contributed by atoms with Crippen molar-refractivity contribution in [3.8, 4) is 0 Å². The molecule has 2 rings (SSSR count). The predicted molar refractivity (Wildman–Crippen MR) is 69.4 cm³/mol. The van der Waals surface area contributed by atoms with E-state index in [1.807, 2.05) is 0 Å². The predicted octanol–water partition coefficient (Wildman–Crippen LogP) is 1.98. The minimum absolute atomic E-state index is 0.0821. The third kappa shape index (κ3) is 3.08. The van der Waals surface area contributed by atoms with E-state index in [0.29, 0.717) is 0 Å². The molecule has 17 heavy (non-hydrogen) atoms. The fourth-order valence-corrected chi connectivity index (χ4v) is 2.34. The minimum atomic E-state index is 0.0821. The standard InChI is InChI=1S/C14H20N2O/c1-10-6-11(2)8-12(7-10)9-13(16-15)14-4-3-5-17-14/h4,6-8,13,16H,3,5,9,15H2,1-2H3. The van der Waals surface area contributed by atoms with Crippen molar-refractivity contribution in [2.24, 2.45) is 5.84 Å². The molecule has 0 fully saturated rings. The van der Waals surface area contributed by atoms with Crippen LogP contribution in [-0.2, 0) is 11.2 Å². The van der Waals surface area contributed by atoms with Gasteiger partial charge in [0.15, 0.2) is 0 Å². The van der Waals surface area contributed by atoms with Crippen molar-refractivity contribution in [2.75, 3.05) is 6.61 Å². The molecule has 0 saturated heterocycles. The maximum atomic E-state index is 5.61. The molecule has 0 radical (unpaired) electrons. The van der Waals surface area contributed by atoms with Crippen LogP contribution in [0.4, 0.5) is 0 Å². The van der Waals surface area contributed by atoms with Crippen molar-refractivity contribution in [1.29, 1.82) is 0 Å². The van der Waals surface area contributed by atoms with Crippen LogP contribution >= 0.6 is 0 Å². The van der Waals surface area contributed by atoms with Gasteiger partial charge in [-0.05, 0) is 31.9 Å². The molecule has 3 N–H and O–H groups in total. The van der Waals surface area contributed by atoms with Gasteiger partial charge in [-0.15, -0.1) is 0 Å². The van der Waals surface area contributed by atoms with Crippen LogP contribution in [-0.4, -0.2) is 12.6 Å².